The monoisotopic (exact) mass is 1260 g/mol. The summed E-state index contributed by atoms with van der Waals surface area (Å²) in [4.78, 5) is 15.4. The van der Waals surface area contributed by atoms with Gasteiger partial charge in [-0.3, -0.25) is 4.79 Å². The molecule has 5 aliphatic heterocycles. The molecule has 0 amide bonds. The molecular formula is C55H88O32. The Morgan fingerprint density at radius 2 is 1.13 bits per heavy atom. The Balaban J connectivity index is 0.918. The van der Waals surface area contributed by atoms with Gasteiger partial charge in [-0.15, -0.1) is 0 Å². The number of aliphatic hydroxyl groups excluding tert-OH is 18. The molecule has 10 fully saturated rings. The fourth-order valence-corrected chi connectivity index (χ4v) is 16.6. The van der Waals surface area contributed by atoms with Gasteiger partial charge in [0, 0.05) is 0 Å². The molecule has 5 saturated heterocycles. The summed E-state index contributed by atoms with van der Waals surface area (Å²) in [6, 6.07) is 0. The normalized spacial score (nSPS) is 52.9. The fourth-order valence-electron chi connectivity index (χ4n) is 16.6. The number of aliphatic hydroxyl groups is 19. The lowest BCUT2D eigenvalue weighted by atomic mass is 9.41. The van der Waals surface area contributed by atoms with Crippen LogP contribution in [-0.4, -0.2) is 319 Å². The van der Waals surface area contributed by atoms with Crippen LogP contribution in [0.25, 0.3) is 0 Å². The number of esters is 1. The lowest BCUT2D eigenvalue weighted by Crippen LogP contribution is -2.98. The molecule has 0 radical (unpaired) electrons. The zero-order valence-electron chi connectivity index (χ0n) is 48.3. The topological polar surface area (TPSA) is 512 Å². The number of hydrogen-bond acceptors (Lipinski definition) is 32. The van der Waals surface area contributed by atoms with Crippen molar-refractivity contribution in [2.24, 2.45) is 28.1 Å². The summed E-state index contributed by atoms with van der Waals surface area (Å²) in [6.07, 6.45) is -44.4. The molecule has 5 heterocycles. The van der Waals surface area contributed by atoms with E-state index in [0.717, 1.165) is 0 Å². The molecule has 0 aromatic heterocycles. The van der Waals surface area contributed by atoms with Crippen LogP contribution in [0.3, 0.4) is 0 Å². The molecule has 32 heteroatoms. The van der Waals surface area contributed by atoms with Gasteiger partial charge in [0.1, 0.15) is 104 Å². The van der Waals surface area contributed by atoms with E-state index >= 15 is 4.79 Å². The van der Waals surface area contributed by atoms with Gasteiger partial charge in [-0.1, -0.05) is 19.9 Å². The van der Waals surface area contributed by atoms with Crippen LogP contribution in [0.2, 0.25) is 0 Å². The summed E-state index contributed by atoms with van der Waals surface area (Å²) in [5, 5.41) is 203. The summed E-state index contributed by atoms with van der Waals surface area (Å²) in [5.74, 6) is -1.39. The number of rotatable bonds is 21. The molecule has 28 unspecified atom stereocenters. The third kappa shape index (κ3) is 10.9. The van der Waals surface area contributed by atoms with Gasteiger partial charge >= 0.3 is 5.97 Å². The molecule has 5 saturated carbocycles. The standard InChI is InChI=1S/C55H88O32/c1-20-12-52-10-6-26-50(3,27(52)7-11-53(20,18-52)86-49-55(85-47(42(73)74)76-21(2)13-56)41(40(72)54(55,19-61)87-49)83-45-37(71)34(68)30(64)24(16-59)79-45)8-5-9-51(26,4)48(75)84-46-39(82-44-36(70)33(67)29(63)23(15-58)78-44)38(31(65)25(17-60)80-46)81-43-35(69)32(66)28(62)22(14-57)77-43/h21-47,49,56-74H,1,5-19H2,2-4H3/t21?,22?,23?,24?,25?,26?,27-,28?,29?,30?,31?,32?,33?,34?,35?,36?,37?,38?,39?,40?,41?,43?,44?,45?,46?,47?,49?,50+,51+,52+,53-,54?,55?/m0/s1. The minimum atomic E-state index is -2.44. The molecule has 0 aromatic carbocycles. The number of hydrogen-bond donors (Lipinski definition) is 19. The molecule has 19 N–H and O–H groups in total. The van der Waals surface area contributed by atoms with Crippen LogP contribution in [0, 0.1) is 28.1 Å². The van der Waals surface area contributed by atoms with E-state index in [-0.39, 0.29) is 18.8 Å². The number of fused-ring (bicyclic) bond motifs is 4. The Kier molecular flexibility index (Phi) is 19.8. The van der Waals surface area contributed by atoms with Gasteiger partial charge in [0.25, 0.3) is 0 Å². The second-order valence-electron chi connectivity index (χ2n) is 26.1. The molecule has 500 valence electrons. The number of carbonyl (C=O) groups is 1. The highest BCUT2D eigenvalue weighted by Gasteiger charge is 2.89. The molecule has 10 rings (SSSR count). The van der Waals surface area contributed by atoms with Crippen LogP contribution < -0.4 is 0 Å². The first-order valence-electron chi connectivity index (χ1n) is 29.7. The van der Waals surface area contributed by atoms with Crippen molar-refractivity contribution in [3.05, 3.63) is 12.2 Å². The predicted molar refractivity (Wildman–Crippen MR) is 278 cm³/mol. The lowest BCUT2D eigenvalue weighted by molar-refractivity contribution is -0.565. The summed E-state index contributed by atoms with van der Waals surface area (Å²) in [6.45, 7) is 4.59. The first kappa shape index (κ1) is 67.9. The highest BCUT2D eigenvalue weighted by Crippen LogP contribution is 2.75. The smallest absolute Gasteiger partial charge is 0.314 e. The molecule has 1 spiro atoms. The van der Waals surface area contributed by atoms with E-state index in [1.54, 1.807) is 6.92 Å². The summed E-state index contributed by atoms with van der Waals surface area (Å²) >= 11 is 0. The van der Waals surface area contributed by atoms with Crippen molar-refractivity contribution in [2.45, 2.75) is 255 Å². The van der Waals surface area contributed by atoms with Gasteiger partial charge in [0.15, 0.2) is 42.5 Å². The van der Waals surface area contributed by atoms with Crippen LogP contribution >= 0.6 is 0 Å². The Labute approximate surface area is 498 Å². The maximum atomic E-state index is 15.4. The third-order valence-electron chi connectivity index (χ3n) is 21.3. The molecule has 33 atom stereocenters. The van der Waals surface area contributed by atoms with Crippen molar-refractivity contribution < 1.29 is 159 Å². The van der Waals surface area contributed by atoms with E-state index in [0.29, 0.717) is 50.5 Å². The molecule has 32 nitrogen and oxygen atoms in total. The van der Waals surface area contributed by atoms with Crippen LogP contribution in [0.5, 0.6) is 0 Å². The summed E-state index contributed by atoms with van der Waals surface area (Å²) in [5.41, 5.74) is -7.53. The highest BCUT2D eigenvalue weighted by molar-refractivity contribution is 5.77. The van der Waals surface area contributed by atoms with Gasteiger partial charge in [-0.2, -0.15) is 0 Å². The molecule has 10 aliphatic rings. The lowest BCUT2D eigenvalue weighted by Gasteiger charge is -2.74. The van der Waals surface area contributed by atoms with E-state index in [1.165, 1.54) is 6.92 Å². The van der Waals surface area contributed by atoms with Crippen LogP contribution in [0.4, 0.5) is 0 Å². The Morgan fingerprint density at radius 3 is 1.64 bits per heavy atom. The molecule has 0 aromatic rings. The van der Waals surface area contributed by atoms with Gasteiger partial charge < -0.3 is 154 Å². The Hall–Kier alpha value is -1.99. The van der Waals surface area contributed by atoms with Gasteiger partial charge in [-0.25, -0.2) is 0 Å². The average Bonchev–Trinajstić information content (AvgIpc) is 1.02. The molecule has 5 aliphatic carbocycles. The van der Waals surface area contributed by atoms with Crippen LogP contribution in [0.1, 0.15) is 78.6 Å². The maximum absolute atomic E-state index is 15.4. The quantitative estimate of drug-likeness (QED) is 0.0220. The second kappa shape index (κ2) is 25.4. The summed E-state index contributed by atoms with van der Waals surface area (Å²) in [7, 11) is 0. The first-order valence-corrected chi connectivity index (χ1v) is 29.7. The van der Waals surface area contributed by atoms with Gasteiger partial charge in [-0.05, 0) is 93.5 Å². The van der Waals surface area contributed by atoms with Crippen molar-refractivity contribution in [2.75, 3.05) is 39.6 Å². The summed E-state index contributed by atoms with van der Waals surface area (Å²) < 4.78 is 72.8. The molecule has 2 bridgehead atoms. The SMILES string of the molecule is C=C1C[C@@]23CCC4[C@](C)(C(=O)OC5OC(CO)C(O)C(OC6OC(CO)C(O)C(O)C6O)C5OC5OC(CO)C(O)C(O)C5O)CCC[C@@]4(C)[C@@H]2CC[C@]1(OC1OC2(CO)C(O)C(OC4OC(CO)C(O)C(O)C4O)C12OC(OC(C)CO)C(O)O)C3. The predicted octanol–water partition coefficient (Wildman–Crippen LogP) is -8.48. The first-order chi connectivity index (χ1) is 41.1. The van der Waals surface area contributed by atoms with E-state index in [4.69, 9.17) is 56.8 Å². The van der Waals surface area contributed by atoms with Crippen molar-refractivity contribution in [1.82, 2.24) is 0 Å². The van der Waals surface area contributed by atoms with Crippen LogP contribution in [-0.2, 0) is 61.6 Å². The van der Waals surface area contributed by atoms with E-state index < -0.39 is 245 Å². The zero-order chi connectivity index (χ0) is 63.4. The Morgan fingerprint density at radius 1 is 0.621 bits per heavy atom. The van der Waals surface area contributed by atoms with E-state index in [9.17, 15) is 97.0 Å². The number of carbonyl (C=O) groups excluding carboxylic acids is 1. The molecular weight excluding hydrogens is 1170 g/mol. The van der Waals surface area contributed by atoms with Gasteiger partial charge in [0.05, 0.1) is 56.8 Å². The van der Waals surface area contributed by atoms with E-state index in [1.807, 2.05) is 0 Å². The van der Waals surface area contributed by atoms with Gasteiger partial charge in [0.2, 0.25) is 18.9 Å². The number of ether oxygens (including phenoxy) is 12. The average molecular weight is 1260 g/mol. The largest absolute Gasteiger partial charge is 0.432 e. The molecule has 87 heavy (non-hydrogen) atoms. The Bertz CT molecular complexity index is 2390. The van der Waals surface area contributed by atoms with Crippen molar-refractivity contribution in [1.29, 1.82) is 0 Å². The zero-order valence-corrected chi connectivity index (χ0v) is 48.3. The van der Waals surface area contributed by atoms with E-state index in [2.05, 4.69) is 13.5 Å². The minimum Gasteiger partial charge on any atom is -0.432 e. The maximum Gasteiger partial charge on any atom is 0.314 e. The highest BCUT2D eigenvalue weighted by atomic mass is 16.8. The van der Waals surface area contributed by atoms with Crippen LogP contribution in [0.15, 0.2) is 12.2 Å². The third-order valence-corrected chi connectivity index (χ3v) is 21.3. The fraction of sp³-hybridized carbons (Fsp3) is 0.945. The van der Waals surface area contributed by atoms with Crippen molar-refractivity contribution in [3.8, 4) is 0 Å². The minimum absolute atomic E-state index is 0.135. The van der Waals surface area contributed by atoms with Crippen molar-refractivity contribution in [3.63, 3.8) is 0 Å². The van der Waals surface area contributed by atoms with Crippen molar-refractivity contribution >= 4 is 5.97 Å². The second-order valence-corrected chi connectivity index (χ2v) is 26.1.